The molecule has 0 radical (unpaired) electrons. The van der Waals surface area contributed by atoms with Crippen molar-refractivity contribution in [1.29, 1.82) is 0 Å². The van der Waals surface area contributed by atoms with E-state index in [1.807, 2.05) is 10.6 Å². The smallest absolute Gasteiger partial charge is 0.250 e. The molecule has 6 nitrogen and oxygen atoms in total. The van der Waals surface area contributed by atoms with Gasteiger partial charge in [0.05, 0.1) is 6.61 Å². The summed E-state index contributed by atoms with van der Waals surface area (Å²) < 4.78 is 1.95. The second-order valence-electron chi connectivity index (χ2n) is 6.74. The lowest BCUT2D eigenvalue weighted by Gasteiger charge is -2.47. The second kappa shape index (κ2) is 7.68. The van der Waals surface area contributed by atoms with E-state index in [1.165, 1.54) is 0 Å². The van der Waals surface area contributed by atoms with Crippen LogP contribution in [0.3, 0.4) is 0 Å². The highest BCUT2D eigenvalue weighted by Gasteiger charge is 2.41. The number of amides is 1. The summed E-state index contributed by atoms with van der Waals surface area (Å²) in [6.45, 7) is 2.98. The summed E-state index contributed by atoms with van der Waals surface area (Å²) in [5, 5.41) is 9.15. The van der Waals surface area contributed by atoms with E-state index in [2.05, 4.69) is 6.92 Å². The summed E-state index contributed by atoms with van der Waals surface area (Å²) in [7, 11) is 0. The molecule has 0 aromatic carbocycles. The highest BCUT2D eigenvalue weighted by Crippen LogP contribution is 2.42. The fraction of sp³-hybridized carbons (Fsp3) is 0.647. The first-order chi connectivity index (χ1) is 11.1. The molecule has 2 bridgehead atoms. The summed E-state index contributed by atoms with van der Waals surface area (Å²) in [5.74, 6) is 0.255. The van der Waals surface area contributed by atoms with Crippen molar-refractivity contribution in [3.63, 3.8) is 0 Å². The minimum absolute atomic E-state index is 0. The Labute approximate surface area is 148 Å². The highest BCUT2D eigenvalue weighted by molar-refractivity contribution is 5.85. The van der Waals surface area contributed by atoms with Crippen molar-refractivity contribution in [2.75, 3.05) is 19.7 Å². The monoisotopic (exact) mass is 355 g/mol. The Morgan fingerprint density at radius 1 is 1.42 bits per heavy atom. The quantitative estimate of drug-likeness (QED) is 0.839. The molecule has 0 saturated carbocycles. The Hall–Kier alpha value is -1.37. The molecule has 7 heteroatoms. The molecule has 4 atom stereocenters. The predicted molar refractivity (Wildman–Crippen MR) is 94.4 cm³/mol. The van der Waals surface area contributed by atoms with Gasteiger partial charge in [-0.25, -0.2) is 0 Å². The van der Waals surface area contributed by atoms with E-state index < -0.39 is 6.04 Å². The first-order valence-electron chi connectivity index (χ1n) is 8.43. The number of piperidine rings is 1. The van der Waals surface area contributed by atoms with Gasteiger partial charge in [-0.05, 0) is 24.8 Å². The van der Waals surface area contributed by atoms with Gasteiger partial charge in [0.25, 0.3) is 5.56 Å². The number of aliphatic hydroxyl groups excluding tert-OH is 1. The molecule has 1 amide bonds. The van der Waals surface area contributed by atoms with Gasteiger partial charge in [0.1, 0.15) is 6.04 Å². The Morgan fingerprint density at radius 2 is 2.17 bits per heavy atom. The number of aromatic nitrogens is 1. The van der Waals surface area contributed by atoms with E-state index in [0.717, 1.165) is 25.0 Å². The lowest BCUT2D eigenvalue weighted by atomic mass is 9.77. The third-order valence-corrected chi connectivity index (χ3v) is 5.21. The third kappa shape index (κ3) is 3.23. The number of rotatable bonds is 4. The van der Waals surface area contributed by atoms with E-state index in [1.54, 1.807) is 17.0 Å². The van der Waals surface area contributed by atoms with Gasteiger partial charge in [-0.1, -0.05) is 19.4 Å². The van der Waals surface area contributed by atoms with E-state index in [0.29, 0.717) is 13.1 Å². The molecule has 0 unspecified atom stereocenters. The van der Waals surface area contributed by atoms with Gasteiger partial charge in [0.2, 0.25) is 5.91 Å². The number of likely N-dealkylation sites (tertiary alicyclic amines) is 1. The van der Waals surface area contributed by atoms with Gasteiger partial charge in [-0.2, -0.15) is 0 Å². The van der Waals surface area contributed by atoms with E-state index >= 15 is 0 Å². The van der Waals surface area contributed by atoms with Crippen LogP contribution >= 0.6 is 12.4 Å². The molecule has 24 heavy (non-hydrogen) atoms. The van der Waals surface area contributed by atoms with E-state index in [-0.39, 0.29) is 48.4 Å². The van der Waals surface area contributed by atoms with Crippen LogP contribution in [0.1, 0.15) is 43.8 Å². The van der Waals surface area contributed by atoms with Crippen molar-refractivity contribution in [2.45, 2.75) is 44.2 Å². The van der Waals surface area contributed by atoms with Crippen molar-refractivity contribution < 1.29 is 9.90 Å². The fourth-order valence-corrected chi connectivity index (χ4v) is 4.20. The molecular weight excluding hydrogens is 330 g/mol. The first kappa shape index (κ1) is 19.0. The molecule has 2 aliphatic heterocycles. The summed E-state index contributed by atoms with van der Waals surface area (Å²) in [6, 6.07) is 4.72. The van der Waals surface area contributed by atoms with Crippen LogP contribution in [0.2, 0.25) is 0 Å². The van der Waals surface area contributed by atoms with Gasteiger partial charge in [-0.15, -0.1) is 12.4 Å². The third-order valence-electron chi connectivity index (χ3n) is 5.21. The highest BCUT2D eigenvalue weighted by atomic mass is 35.5. The van der Waals surface area contributed by atoms with Gasteiger partial charge in [0.15, 0.2) is 0 Å². The summed E-state index contributed by atoms with van der Waals surface area (Å²) in [4.78, 5) is 26.5. The number of carbonyl (C=O) groups is 1. The Bertz CT molecular complexity index is 648. The van der Waals surface area contributed by atoms with Crippen LogP contribution in [0.4, 0.5) is 0 Å². The number of fused-ring (bicyclic) bond motifs is 4. The maximum atomic E-state index is 12.4. The predicted octanol–water partition coefficient (Wildman–Crippen LogP) is 0.877. The number of halogens is 1. The van der Waals surface area contributed by atoms with E-state index in [4.69, 9.17) is 10.8 Å². The van der Waals surface area contributed by atoms with Crippen molar-refractivity contribution >= 4 is 18.3 Å². The van der Waals surface area contributed by atoms with Crippen LogP contribution in [0.15, 0.2) is 23.0 Å². The summed E-state index contributed by atoms with van der Waals surface area (Å²) in [6.07, 6.45) is 2.94. The zero-order valence-electron chi connectivity index (χ0n) is 13.9. The van der Waals surface area contributed by atoms with Crippen LogP contribution in [-0.4, -0.2) is 46.2 Å². The first-order valence-corrected chi connectivity index (χ1v) is 8.43. The topological polar surface area (TPSA) is 88.6 Å². The Balaban J connectivity index is 0.00000208. The molecule has 0 spiro atoms. The zero-order valence-corrected chi connectivity index (χ0v) is 14.7. The number of aliphatic hydroxyl groups is 1. The SMILES string of the molecule is CCC[C@H]1[C@H]2C[C@H](CN(C(=O)[C@@H](N)CO)C2)c2cccc(=O)n21.Cl. The van der Waals surface area contributed by atoms with Crippen LogP contribution in [0.25, 0.3) is 0 Å². The number of nitrogens with two attached hydrogens (primary N) is 1. The molecule has 134 valence electrons. The standard InChI is InChI=1S/C17H25N3O3.ClH/c1-2-4-14-11-7-12(15-5-3-6-16(22)20(14)15)9-19(8-11)17(23)13(18)10-21;/h3,5-6,11-14,21H,2,4,7-10,18H2,1H3;1H/t11-,12+,13-,14-;/m0./s1. The van der Waals surface area contributed by atoms with E-state index in [9.17, 15) is 9.59 Å². The van der Waals surface area contributed by atoms with Gasteiger partial charge in [-0.3, -0.25) is 9.59 Å². The maximum Gasteiger partial charge on any atom is 0.250 e. The Morgan fingerprint density at radius 3 is 2.83 bits per heavy atom. The molecule has 3 rings (SSSR count). The second-order valence-corrected chi connectivity index (χ2v) is 6.74. The fourth-order valence-electron chi connectivity index (χ4n) is 4.20. The normalized spacial score (nSPS) is 26.3. The number of nitrogens with zero attached hydrogens (tertiary/aromatic N) is 2. The molecule has 2 aliphatic rings. The minimum atomic E-state index is -0.851. The number of carbonyl (C=O) groups excluding carboxylic acids is 1. The van der Waals surface area contributed by atoms with Crippen molar-refractivity contribution in [1.82, 2.24) is 9.47 Å². The van der Waals surface area contributed by atoms with Crippen LogP contribution in [0.5, 0.6) is 0 Å². The van der Waals surface area contributed by atoms with Gasteiger partial charge < -0.3 is 20.3 Å². The molecule has 3 heterocycles. The average Bonchev–Trinajstić information content (AvgIpc) is 2.57. The summed E-state index contributed by atoms with van der Waals surface area (Å²) in [5.41, 5.74) is 6.80. The van der Waals surface area contributed by atoms with Crippen LogP contribution in [0, 0.1) is 5.92 Å². The number of hydrogen-bond acceptors (Lipinski definition) is 4. The number of hydrogen-bond donors (Lipinski definition) is 2. The largest absolute Gasteiger partial charge is 0.394 e. The molecule has 1 fully saturated rings. The lowest BCUT2D eigenvalue weighted by molar-refractivity contribution is -0.136. The number of pyridine rings is 1. The van der Waals surface area contributed by atoms with Crippen molar-refractivity contribution in [3.05, 3.63) is 34.2 Å². The molecule has 1 aromatic heterocycles. The average molecular weight is 356 g/mol. The minimum Gasteiger partial charge on any atom is -0.394 e. The molecule has 1 saturated heterocycles. The molecule has 1 aromatic rings. The van der Waals surface area contributed by atoms with Gasteiger partial charge in [0, 0.05) is 36.8 Å². The Kier molecular flexibility index (Phi) is 6.06. The molecule has 0 aliphatic carbocycles. The van der Waals surface area contributed by atoms with Crippen LogP contribution < -0.4 is 11.3 Å². The lowest BCUT2D eigenvalue weighted by Crippen LogP contribution is -2.55. The maximum absolute atomic E-state index is 12.4. The van der Waals surface area contributed by atoms with Gasteiger partial charge >= 0.3 is 0 Å². The zero-order chi connectivity index (χ0) is 16.6. The van der Waals surface area contributed by atoms with Crippen molar-refractivity contribution in [3.8, 4) is 0 Å². The summed E-state index contributed by atoms with van der Waals surface area (Å²) >= 11 is 0. The molecular formula is C17H26ClN3O3. The molecule has 3 N–H and O–H groups in total. The van der Waals surface area contributed by atoms with Crippen molar-refractivity contribution in [2.24, 2.45) is 11.7 Å². The van der Waals surface area contributed by atoms with Crippen LogP contribution in [-0.2, 0) is 4.79 Å².